The van der Waals surface area contributed by atoms with Crippen LogP contribution in [0.3, 0.4) is 0 Å². The van der Waals surface area contributed by atoms with Crippen LogP contribution in [0.1, 0.15) is 26.3 Å². The fourth-order valence-electron chi connectivity index (χ4n) is 1.63. The van der Waals surface area contributed by atoms with E-state index in [0.29, 0.717) is 5.56 Å². The van der Waals surface area contributed by atoms with Gasteiger partial charge in [-0.25, -0.2) is 4.39 Å². The first-order chi connectivity index (χ1) is 9.97. The number of carbonyl (C=O) groups excluding carboxylic acids is 2. The Balaban J connectivity index is 2.00. The van der Waals surface area contributed by atoms with Gasteiger partial charge >= 0.3 is 0 Å². The summed E-state index contributed by atoms with van der Waals surface area (Å²) in [6.45, 7) is 1.90. The molecule has 0 fully saturated rings. The molecule has 0 aliphatic heterocycles. The van der Waals surface area contributed by atoms with Gasteiger partial charge in [0.25, 0.3) is 11.8 Å². The number of hydrogen-bond acceptors (Lipinski definition) is 2. The van der Waals surface area contributed by atoms with Crippen LogP contribution in [0.4, 0.5) is 4.39 Å². The highest BCUT2D eigenvalue weighted by atomic mass is 35.5. The Morgan fingerprint density at radius 2 is 1.62 bits per heavy atom. The molecule has 2 rings (SSSR count). The van der Waals surface area contributed by atoms with Crippen molar-refractivity contribution < 1.29 is 14.0 Å². The molecule has 0 spiro atoms. The topological polar surface area (TPSA) is 58.2 Å². The van der Waals surface area contributed by atoms with Crippen molar-refractivity contribution in [3.8, 4) is 0 Å². The van der Waals surface area contributed by atoms with E-state index in [1.165, 1.54) is 6.07 Å². The van der Waals surface area contributed by atoms with Gasteiger partial charge in [-0.05, 0) is 37.3 Å². The fourth-order valence-corrected chi connectivity index (χ4v) is 1.88. The van der Waals surface area contributed by atoms with Gasteiger partial charge < -0.3 is 0 Å². The Morgan fingerprint density at radius 3 is 2.24 bits per heavy atom. The van der Waals surface area contributed by atoms with E-state index < -0.39 is 17.6 Å². The summed E-state index contributed by atoms with van der Waals surface area (Å²) >= 11 is 5.76. The molecule has 0 aromatic heterocycles. The number of carbonyl (C=O) groups is 2. The van der Waals surface area contributed by atoms with Gasteiger partial charge in [-0.2, -0.15) is 0 Å². The third-order valence-electron chi connectivity index (χ3n) is 2.78. The first kappa shape index (κ1) is 15.0. The molecule has 108 valence electrons. The molecule has 0 radical (unpaired) electrons. The first-order valence-corrected chi connectivity index (χ1v) is 6.47. The molecule has 0 bridgehead atoms. The van der Waals surface area contributed by atoms with E-state index in [9.17, 15) is 14.0 Å². The van der Waals surface area contributed by atoms with Crippen LogP contribution in [-0.4, -0.2) is 11.8 Å². The summed E-state index contributed by atoms with van der Waals surface area (Å²) in [5.74, 6) is -1.62. The third-order valence-corrected chi connectivity index (χ3v) is 3.09. The molecule has 2 amide bonds. The summed E-state index contributed by atoms with van der Waals surface area (Å²) in [5, 5.41) is -0.0305. The van der Waals surface area contributed by atoms with Crippen molar-refractivity contribution in [2.24, 2.45) is 0 Å². The Hall–Kier alpha value is -2.40. The second-order valence-corrected chi connectivity index (χ2v) is 4.81. The molecule has 0 atom stereocenters. The number of benzene rings is 2. The lowest BCUT2D eigenvalue weighted by atomic mass is 10.1. The molecule has 0 aliphatic rings. The zero-order chi connectivity index (χ0) is 15.4. The second kappa shape index (κ2) is 6.37. The van der Waals surface area contributed by atoms with Gasteiger partial charge in [-0.1, -0.05) is 29.3 Å². The minimum atomic E-state index is -0.625. The maximum Gasteiger partial charge on any atom is 0.271 e. The number of nitrogens with one attached hydrogen (secondary N) is 2. The zero-order valence-corrected chi connectivity index (χ0v) is 11.9. The molecular weight excluding hydrogens is 295 g/mol. The van der Waals surface area contributed by atoms with Crippen molar-refractivity contribution in [2.45, 2.75) is 6.92 Å². The summed E-state index contributed by atoms with van der Waals surface area (Å²) in [7, 11) is 0. The van der Waals surface area contributed by atoms with Gasteiger partial charge in [0, 0.05) is 5.56 Å². The Labute approximate surface area is 125 Å². The molecule has 0 aliphatic carbocycles. The number of halogens is 2. The quantitative estimate of drug-likeness (QED) is 0.838. The maximum absolute atomic E-state index is 12.9. The average molecular weight is 307 g/mol. The first-order valence-electron chi connectivity index (χ1n) is 6.10. The van der Waals surface area contributed by atoms with Gasteiger partial charge in [0.2, 0.25) is 0 Å². The van der Waals surface area contributed by atoms with Crippen LogP contribution in [0.15, 0.2) is 42.5 Å². The SMILES string of the molecule is Cc1ccc(C(=O)NNC(=O)c2ccc(F)cc2Cl)cc1. The van der Waals surface area contributed by atoms with Crippen LogP contribution in [-0.2, 0) is 0 Å². The predicted molar refractivity (Wildman–Crippen MR) is 77.5 cm³/mol. The smallest absolute Gasteiger partial charge is 0.267 e. The summed E-state index contributed by atoms with van der Waals surface area (Å²) in [5.41, 5.74) is 6.00. The fraction of sp³-hybridized carbons (Fsp3) is 0.0667. The molecule has 0 heterocycles. The largest absolute Gasteiger partial charge is 0.271 e. The minimum absolute atomic E-state index is 0.0305. The van der Waals surface area contributed by atoms with E-state index in [2.05, 4.69) is 10.9 Å². The molecular formula is C15H12ClFN2O2. The highest BCUT2D eigenvalue weighted by molar-refractivity contribution is 6.33. The normalized spacial score (nSPS) is 10.0. The predicted octanol–water partition coefficient (Wildman–Crippen LogP) is 2.86. The molecule has 6 heteroatoms. The van der Waals surface area contributed by atoms with Crippen LogP contribution in [0.5, 0.6) is 0 Å². The standard InChI is InChI=1S/C15H12ClFN2O2/c1-9-2-4-10(5-3-9)14(20)18-19-15(21)12-7-6-11(17)8-13(12)16/h2-8H,1H3,(H,18,20)(H,19,21). The molecule has 2 N–H and O–H groups in total. The molecule has 21 heavy (non-hydrogen) atoms. The summed E-state index contributed by atoms with van der Waals surface area (Å²) < 4.78 is 12.9. The number of hydrazine groups is 1. The molecule has 0 saturated heterocycles. The van der Waals surface area contributed by atoms with Crippen LogP contribution in [0.2, 0.25) is 5.02 Å². The van der Waals surface area contributed by atoms with Gasteiger partial charge in [0.05, 0.1) is 10.6 Å². The monoisotopic (exact) mass is 306 g/mol. The van der Waals surface area contributed by atoms with E-state index in [0.717, 1.165) is 17.7 Å². The van der Waals surface area contributed by atoms with Gasteiger partial charge in [-0.15, -0.1) is 0 Å². The highest BCUT2D eigenvalue weighted by Crippen LogP contribution is 2.16. The third kappa shape index (κ3) is 3.79. The van der Waals surface area contributed by atoms with E-state index >= 15 is 0 Å². The van der Waals surface area contributed by atoms with Crippen molar-refractivity contribution in [3.63, 3.8) is 0 Å². The lowest BCUT2D eigenvalue weighted by molar-refractivity contribution is 0.0846. The summed E-state index contributed by atoms with van der Waals surface area (Å²) in [6.07, 6.45) is 0. The zero-order valence-electron chi connectivity index (χ0n) is 11.1. The number of amides is 2. The lowest BCUT2D eigenvalue weighted by Crippen LogP contribution is -2.41. The maximum atomic E-state index is 12.9. The Bertz CT molecular complexity index is 687. The molecule has 0 saturated carbocycles. The van der Waals surface area contributed by atoms with Crippen LogP contribution in [0.25, 0.3) is 0 Å². The summed E-state index contributed by atoms with van der Waals surface area (Å²) in [4.78, 5) is 23.6. The highest BCUT2D eigenvalue weighted by Gasteiger charge is 2.12. The van der Waals surface area contributed by atoms with E-state index in [1.807, 2.05) is 6.92 Å². The van der Waals surface area contributed by atoms with Crippen LogP contribution in [0, 0.1) is 12.7 Å². The molecule has 2 aromatic carbocycles. The molecule has 4 nitrogen and oxygen atoms in total. The van der Waals surface area contributed by atoms with E-state index in [4.69, 9.17) is 11.6 Å². The van der Waals surface area contributed by atoms with Crippen LogP contribution >= 0.6 is 11.6 Å². The van der Waals surface area contributed by atoms with E-state index in [-0.39, 0.29) is 10.6 Å². The Morgan fingerprint density at radius 1 is 1.00 bits per heavy atom. The molecule has 2 aromatic rings. The number of aryl methyl sites for hydroxylation is 1. The van der Waals surface area contributed by atoms with Crippen molar-refractivity contribution in [1.82, 2.24) is 10.9 Å². The van der Waals surface area contributed by atoms with Gasteiger partial charge in [0.15, 0.2) is 0 Å². The number of hydrogen-bond donors (Lipinski definition) is 2. The number of rotatable bonds is 2. The Kier molecular flexibility index (Phi) is 4.55. The van der Waals surface area contributed by atoms with Crippen molar-refractivity contribution >= 4 is 23.4 Å². The second-order valence-electron chi connectivity index (χ2n) is 4.40. The van der Waals surface area contributed by atoms with E-state index in [1.54, 1.807) is 24.3 Å². The van der Waals surface area contributed by atoms with Gasteiger partial charge in [0.1, 0.15) is 5.82 Å². The van der Waals surface area contributed by atoms with Crippen molar-refractivity contribution in [3.05, 3.63) is 70.0 Å². The molecule has 0 unspecified atom stereocenters. The minimum Gasteiger partial charge on any atom is -0.267 e. The van der Waals surface area contributed by atoms with Crippen molar-refractivity contribution in [1.29, 1.82) is 0 Å². The van der Waals surface area contributed by atoms with Crippen LogP contribution < -0.4 is 10.9 Å². The van der Waals surface area contributed by atoms with Crippen molar-refractivity contribution in [2.75, 3.05) is 0 Å². The average Bonchev–Trinajstić information content (AvgIpc) is 2.45. The lowest BCUT2D eigenvalue weighted by Gasteiger charge is -2.08. The van der Waals surface area contributed by atoms with Gasteiger partial charge in [-0.3, -0.25) is 20.4 Å². The summed E-state index contributed by atoms with van der Waals surface area (Å²) in [6, 6.07) is 10.2.